The lowest BCUT2D eigenvalue weighted by Crippen LogP contribution is -2.35. The molecule has 1 saturated heterocycles. The quantitative estimate of drug-likeness (QED) is 0.754. The number of aromatic nitrogens is 2. The molecule has 86 valence electrons. The van der Waals surface area contributed by atoms with E-state index in [2.05, 4.69) is 20.6 Å². The fourth-order valence-electron chi connectivity index (χ4n) is 1.84. The fraction of sp³-hybridized carbons (Fsp3) is 0.545. The Balaban J connectivity index is 1.91. The Morgan fingerprint density at radius 3 is 3.12 bits per heavy atom. The van der Waals surface area contributed by atoms with E-state index >= 15 is 0 Å². The number of hydrogen-bond donors (Lipinski definition) is 2. The number of nitrogens with zero attached hydrogens (tertiary/aromatic N) is 2. The summed E-state index contributed by atoms with van der Waals surface area (Å²) in [6, 6.07) is 0.254. The lowest BCUT2D eigenvalue weighted by molar-refractivity contribution is 0.0928. The third-order valence-corrected chi connectivity index (χ3v) is 2.71. The molecule has 2 rings (SSSR count). The van der Waals surface area contributed by atoms with E-state index in [1.165, 1.54) is 12.4 Å². The van der Waals surface area contributed by atoms with Gasteiger partial charge in [0.2, 0.25) is 0 Å². The molecule has 2 heterocycles. The normalized spacial score (nSPS) is 21.1. The summed E-state index contributed by atoms with van der Waals surface area (Å²) in [5, 5.41) is 6.30. The van der Waals surface area contributed by atoms with Crippen molar-refractivity contribution in [2.45, 2.75) is 25.3 Å². The Morgan fingerprint density at radius 1 is 1.38 bits per heavy atom. The van der Waals surface area contributed by atoms with E-state index in [1.807, 2.05) is 0 Å². The molecule has 1 atom stereocenters. The van der Waals surface area contributed by atoms with Crippen molar-refractivity contribution in [1.29, 1.82) is 0 Å². The van der Waals surface area contributed by atoms with E-state index in [9.17, 15) is 4.79 Å². The van der Waals surface area contributed by atoms with Gasteiger partial charge >= 0.3 is 0 Å². The third kappa shape index (κ3) is 3.00. The Morgan fingerprint density at radius 2 is 2.31 bits per heavy atom. The largest absolute Gasteiger partial charge is 0.348 e. The van der Waals surface area contributed by atoms with Gasteiger partial charge in [-0.25, -0.2) is 4.98 Å². The second kappa shape index (κ2) is 5.55. The van der Waals surface area contributed by atoms with Crippen LogP contribution >= 0.6 is 0 Å². The van der Waals surface area contributed by atoms with Gasteiger partial charge in [0.1, 0.15) is 5.69 Å². The molecule has 1 amide bonds. The summed E-state index contributed by atoms with van der Waals surface area (Å²) in [7, 11) is 0. The standard InChI is InChI=1S/C11H16N4O/c16-11(10-8-13-6-7-14-10)15-9-2-1-4-12-5-3-9/h6-9,12H,1-5H2,(H,15,16)/t9-/m0/s1. The molecule has 5 nitrogen and oxygen atoms in total. The van der Waals surface area contributed by atoms with Crippen molar-refractivity contribution in [3.63, 3.8) is 0 Å². The van der Waals surface area contributed by atoms with Crippen LogP contribution in [0.3, 0.4) is 0 Å². The number of carbonyl (C=O) groups is 1. The molecular formula is C11H16N4O. The van der Waals surface area contributed by atoms with E-state index in [1.54, 1.807) is 6.20 Å². The Kier molecular flexibility index (Phi) is 3.82. The Hall–Kier alpha value is -1.49. The van der Waals surface area contributed by atoms with Gasteiger partial charge in [0.15, 0.2) is 0 Å². The van der Waals surface area contributed by atoms with Gasteiger partial charge in [0, 0.05) is 18.4 Å². The lowest BCUT2D eigenvalue weighted by atomic mass is 10.1. The molecular weight excluding hydrogens is 204 g/mol. The number of hydrogen-bond acceptors (Lipinski definition) is 4. The number of amides is 1. The van der Waals surface area contributed by atoms with Crippen molar-refractivity contribution >= 4 is 5.91 Å². The Bertz CT molecular complexity index is 333. The summed E-state index contributed by atoms with van der Waals surface area (Å²) in [6.45, 7) is 2.00. The summed E-state index contributed by atoms with van der Waals surface area (Å²) in [5.74, 6) is -0.125. The van der Waals surface area contributed by atoms with Crippen molar-refractivity contribution in [3.8, 4) is 0 Å². The zero-order chi connectivity index (χ0) is 11.2. The van der Waals surface area contributed by atoms with Gasteiger partial charge in [0.05, 0.1) is 6.20 Å². The molecule has 5 heteroatoms. The average molecular weight is 220 g/mol. The molecule has 0 aliphatic carbocycles. The summed E-state index contributed by atoms with van der Waals surface area (Å²) in [4.78, 5) is 19.7. The molecule has 1 fully saturated rings. The molecule has 1 aromatic rings. The molecule has 1 aliphatic heterocycles. The summed E-state index contributed by atoms with van der Waals surface area (Å²) in [6.07, 6.45) is 7.69. The predicted molar refractivity (Wildman–Crippen MR) is 60.0 cm³/mol. The predicted octanol–water partition coefficient (Wildman–Crippen LogP) is 0.348. The van der Waals surface area contributed by atoms with Gasteiger partial charge in [-0.3, -0.25) is 9.78 Å². The minimum atomic E-state index is -0.125. The van der Waals surface area contributed by atoms with Crippen LogP contribution in [0.15, 0.2) is 18.6 Å². The van der Waals surface area contributed by atoms with Gasteiger partial charge in [-0.15, -0.1) is 0 Å². The van der Waals surface area contributed by atoms with E-state index in [4.69, 9.17) is 0 Å². The third-order valence-electron chi connectivity index (χ3n) is 2.71. The van der Waals surface area contributed by atoms with Crippen molar-refractivity contribution < 1.29 is 4.79 Å². The molecule has 1 aliphatic rings. The molecule has 0 saturated carbocycles. The van der Waals surface area contributed by atoms with Gasteiger partial charge < -0.3 is 10.6 Å². The second-order valence-corrected chi connectivity index (χ2v) is 3.94. The summed E-state index contributed by atoms with van der Waals surface area (Å²) < 4.78 is 0. The van der Waals surface area contributed by atoms with E-state index in [-0.39, 0.29) is 11.9 Å². The van der Waals surface area contributed by atoms with E-state index in [0.717, 1.165) is 32.4 Å². The zero-order valence-corrected chi connectivity index (χ0v) is 9.15. The lowest BCUT2D eigenvalue weighted by Gasteiger charge is -2.15. The smallest absolute Gasteiger partial charge is 0.271 e. The molecule has 2 N–H and O–H groups in total. The van der Waals surface area contributed by atoms with Crippen molar-refractivity contribution in [3.05, 3.63) is 24.3 Å². The van der Waals surface area contributed by atoms with Crippen LogP contribution in [0, 0.1) is 0 Å². The van der Waals surface area contributed by atoms with Crippen molar-refractivity contribution in [2.75, 3.05) is 13.1 Å². The van der Waals surface area contributed by atoms with E-state index < -0.39 is 0 Å². The first-order valence-corrected chi connectivity index (χ1v) is 5.64. The van der Waals surface area contributed by atoms with Gasteiger partial charge in [-0.05, 0) is 32.4 Å². The highest BCUT2D eigenvalue weighted by molar-refractivity contribution is 5.92. The SMILES string of the molecule is O=C(N[C@H]1CCCNCC1)c1cnccn1. The summed E-state index contributed by atoms with van der Waals surface area (Å²) in [5.41, 5.74) is 0.389. The first-order valence-electron chi connectivity index (χ1n) is 5.64. The van der Waals surface area contributed by atoms with Gasteiger partial charge in [-0.2, -0.15) is 0 Å². The van der Waals surface area contributed by atoms with Crippen LogP contribution in [0.2, 0.25) is 0 Å². The van der Waals surface area contributed by atoms with Crippen LogP contribution in [0.5, 0.6) is 0 Å². The highest BCUT2D eigenvalue weighted by Gasteiger charge is 2.15. The van der Waals surface area contributed by atoms with Crippen molar-refractivity contribution in [2.24, 2.45) is 0 Å². The van der Waals surface area contributed by atoms with Gasteiger partial charge in [-0.1, -0.05) is 0 Å². The number of rotatable bonds is 2. The van der Waals surface area contributed by atoms with Crippen molar-refractivity contribution in [1.82, 2.24) is 20.6 Å². The maximum absolute atomic E-state index is 11.8. The van der Waals surface area contributed by atoms with Crippen LogP contribution in [0.25, 0.3) is 0 Å². The van der Waals surface area contributed by atoms with Crippen LogP contribution < -0.4 is 10.6 Å². The first-order chi connectivity index (χ1) is 7.86. The fourth-order valence-corrected chi connectivity index (χ4v) is 1.84. The molecule has 0 spiro atoms. The first kappa shape index (κ1) is 11.0. The van der Waals surface area contributed by atoms with E-state index in [0.29, 0.717) is 5.69 Å². The minimum absolute atomic E-state index is 0.125. The molecule has 0 aromatic carbocycles. The number of carbonyl (C=O) groups excluding carboxylic acids is 1. The van der Waals surface area contributed by atoms with Crippen LogP contribution in [-0.2, 0) is 0 Å². The highest BCUT2D eigenvalue weighted by Crippen LogP contribution is 2.05. The summed E-state index contributed by atoms with van der Waals surface area (Å²) >= 11 is 0. The average Bonchev–Trinajstić information content (AvgIpc) is 2.59. The molecule has 1 aromatic heterocycles. The molecule has 0 unspecified atom stereocenters. The van der Waals surface area contributed by atoms with Crippen LogP contribution in [0.4, 0.5) is 0 Å². The van der Waals surface area contributed by atoms with Gasteiger partial charge in [0.25, 0.3) is 5.91 Å². The molecule has 0 radical (unpaired) electrons. The Labute approximate surface area is 94.7 Å². The molecule has 0 bridgehead atoms. The minimum Gasteiger partial charge on any atom is -0.348 e. The molecule has 16 heavy (non-hydrogen) atoms. The maximum atomic E-state index is 11.8. The monoisotopic (exact) mass is 220 g/mol. The maximum Gasteiger partial charge on any atom is 0.271 e. The van der Waals surface area contributed by atoms with Crippen LogP contribution in [-0.4, -0.2) is 35.0 Å². The highest BCUT2D eigenvalue weighted by atomic mass is 16.1. The number of nitrogens with one attached hydrogen (secondary N) is 2. The zero-order valence-electron chi connectivity index (χ0n) is 9.15. The second-order valence-electron chi connectivity index (χ2n) is 3.94. The topological polar surface area (TPSA) is 66.9 Å². The van der Waals surface area contributed by atoms with Crippen LogP contribution in [0.1, 0.15) is 29.8 Å².